The molecule has 1 heterocycles. The maximum atomic E-state index is 12.6. The molecule has 2 aromatic carbocycles. The van der Waals surface area contributed by atoms with E-state index in [1.807, 2.05) is 6.92 Å². The molecule has 0 atom stereocenters. The Bertz CT molecular complexity index is 1150. The molecule has 0 aliphatic heterocycles. The minimum Gasteiger partial charge on any atom is -0.380 e. The summed E-state index contributed by atoms with van der Waals surface area (Å²) in [5.41, 5.74) is 1.47. The second kappa shape index (κ2) is 8.89. The van der Waals surface area contributed by atoms with Gasteiger partial charge < -0.3 is 9.30 Å². The van der Waals surface area contributed by atoms with Crippen molar-refractivity contribution in [1.82, 2.24) is 4.57 Å². The molecule has 0 unspecified atom stereocenters. The highest BCUT2D eigenvalue weighted by Crippen LogP contribution is 2.23. The van der Waals surface area contributed by atoms with E-state index in [-0.39, 0.29) is 11.5 Å². The summed E-state index contributed by atoms with van der Waals surface area (Å²) in [6, 6.07) is 10.8. The standard InChI is InChI=1S/C20H19N3O5S/c1-3-28-11-10-22-17-12-16(23(26)27)8-9-18(17)29-20(22)21-19(25)15-6-4-14(5-7-15)13(2)24/h4-9,12H,3,10-11H2,1-2H3. The van der Waals surface area contributed by atoms with Gasteiger partial charge in [-0.25, -0.2) is 0 Å². The van der Waals surface area contributed by atoms with Crippen molar-refractivity contribution in [3.05, 3.63) is 68.5 Å². The van der Waals surface area contributed by atoms with E-state index in [9.17, 15) is 19.7 Å². The summed E-state index contributed by atoms with van der Waals surface area (Å²) in [5, 5.41) is 11.1. The normalized spacial score (nSPS) is 11.7. The number of ketones is 1. The van der Waals surface area contributed by atoms with Crippen LogP contribution in [0.3, 0.4) is 0 Å². The topological polar surface area (TPSA) is 104 Å². The number of Topliss-reactive ketones (excluding diaryl/α,β-unsaturated/α-hetero) is 1. The van der Waals surface area contributed by atoms with Crippen LogP contribution in [0, 0.1) is 10.1 Å². The Kier molecular flexibility index (Phi) is 6.30. The molecule has 0 spiro atoms. The molecular weight excluding hydrogens is 394 g/mol. The summed E-state index contributed by atoms with van der Waals surface area (Å²) in [6.45, 7) is 4.67. The van der Waals surface area contributed by atoms with Crippen LogP contribution in [0.25, 0.3) is 10.2 Å². The van der Waals surface area contributed by atoms with Crippen molar-refractivity contribution in [2.75, 3.05) is 13.2 Å². The number of non-ortho nitro benzene ring substituents is 1. The quantitative estimate of drug-likeness (QED) is 0.255. The lowest BCUT2D eigenvalue weighted by Gasteiger charge is -2.05. The lowest BCUT2D eigenvalue weighted by atomic mass is 10.1. The molecule has 150 valence electrons. The molecule has 0 N–H and O–H groups in total. The van der Waals surface area contributed by atoms with Crippen molar-refractivity contribution in [1.29, 1.82) is 0 Å². The number of ether oxygens (including phenoxy) is 1. The Balaban J connectivity index is 2.05. The Morgan fingerprint density at radius 1 is 1.17 bits per heavy atom. The minimum atomic E-state index is -0.456. The number of amides is 1. The molecule has 0 saturated carbocycles. The van der Waals surface area contributed by atoms with Gasteiger partial charge in [-0.1, -0.05) is 23.5 Å². The van der Waals surface area contributed by atoms with E-state index in [1.54, 1.807) is 34.9 Å². The van der Waals surface area contributed by atoms with Crippen molar-refractivity contribution in [3.63, 3.8) is 0 Å². The van der Waals surface area contributed by atoms with Crippen LogP contribution in [0.2, 0.25) is 0 Å². The van der Waals surface area contributed by atoms with E-state index in [0.29, 0.717) is 41.2 Å². The largest absolute Gasteiger partial charge is 0.380 e. The van der Waals surface area contributed by atoms with Gasteiger partial charge in [-0.2, -0.15) is 4.99 Å². The number of nitrogens with zero attached hydrogens (tertiary/aromatic N) is 3. The molecule has 0 radical (unpaired) electrons. The lowest BCUT2D eigenvalue weighted by Crippen LogP contribution is -2.19. The molecule has 0 fully saturated rings. The molecule has 8 nitrogen and oxygen atoms in total. The second-order valence-electron chi connectivity index (χ2n) is 6.19. The molecule has 3 aromatic rings. The number of carbonyl (C=O) groups is 2. The van der Waals surface area contributed by atoms with Crippen LogP contribution in [0.15, 0.2) is 47.5 Å². The van der Waals surface area contributed by atoms with Crippen LogP contribution in [0.5, 0.6) is 0 Å². The number of thiazole rings is 1. The van der Waals surface area contributed by atoms with Crippen molar-refractivity contribution >= 4 is 38.9 Å². The average molecular weight is 413 g/mol. The van der Waals surface area contributed by atoms with Crippen LogP contribution in [0.4, 0.5) is 5.69 Å². The van der Waals surface area contributed by atoms with Crippen LogP contribution >= 0.6 is 11.3 Å². The molecule has 1 amide bonds. The highest BCUT2D eigenvalue weighted by molar-refractivity contribution is 7.16. The first kappa shape index (κ1) is 20.6. The highest BCUT2D eigenvalue weighted by Gasteiger charge is 2.14. The van der Waals surface area contributed by atoms with Gasteiger partial charge in [0.05, 0.1) is 21.7 Å². The molecule has 0 saturated heterocycles. The lowest BCUT2D eigenvalue weighted by molar-refractivity contribution is -0.384. The number of carbonyl (C=O) groups excluding carboxylic acids is 2. The summed E-state index contributed by atoms with van der Waals surface area (Å²) in [7, 11) is 0. The minimum absolute atomic E-state index is 0.0295. The van der Waals surface area contributed by atoms with E-state index in [1.165, 1.54) is 30.4 Å². The van der Waals surface area contributed by atoms with Gasteiger partial charge in [-0.05, 0) is 32.0 Å². The van der Waals surface area contributed by atoms with Gasteiger partial charge in [0.1, 0.15) is 0 Å². The number of benzene rings is 2. The molecule has 9 heteroatoms. The SMILES string of the molecule is CCOCCn1c(=NC(=O)c2ccc(C(C)=O)cc2)sc2ccc([N+](=O)[O-])cc21. The summed E-state index contributed by atoms with van der Waals surface area (Å²) in [4.78, 5) is 39.4. The van der Waals surface area contributed by atoms with Crippen molar-refractivity contribution < 1.29 is 19.2 Å². The summed E-state index contributed by atoms with van der Waals surface area (Å²) in [5.74, 6) is -0.535. The zero-order valence-electron chi connectivity index (χ0n) is 16.0. The average Bonchev–Trinajstić information content (AvgIpc) is 3.04. The van der Waals surface area contributed by atoms with Crippen LogP contribution < -0.4 is 4.80 Å². The Morgan fingerprint density at radius 3 is 2.48 bits per heavy atom. The van der Waals surface area contributed by atoms with E-state index in [0.717, 1.165) is 4.70 Å². The smallest absolute Gasteiger partial charge is 0.279 e. The number of rotatable bonds is 7. The van der Waals surface area contributed by atoms with Gasteiger partial charge in [-0.15, -0.1) is 0 Å². The van der Waals surface area contributed by atoms with E-state index in [2.05, 4.69) is 4.99 Å². The predicted molar refractivity (Wildman–Crippen MR) is 109 cm³/mol. The fraction of sp³-hybridized carbons (Fsp3) is 0.250. The first-order valence-corrected chi connectivity index (χ1v) is 9.78. The molecule has 0 bridgehead atoms. The number of hydrogen-bond donors (Lipinski definition) is 0. The van der Waals surface area contributed by atoms with E-state index < -0.39 is 10.8 Å². The van der Waals surface area contributed by atoms with E-state index in [4.69, 9.17) is 4.74 Å². The molecular formula is C20H19N3O5S. The highest BCUT2D eigenvalue weighted by atomic mass is 32.1. The number of fused-ring (bicyclic) bond motifs is 1. The molecule has 0 aliphatic rings. The first-order valence-electron chi connectivity index (χ1n) is 8.96. The molecule has 0 aliphatic carbocycles. The van der Waals surface area contributed by atoms with Crippen LogP contribution in [-0.2, 0) is 11.3 Å². The van der Waals surface area contributed by atoms with Crippen molar-refractivity contribution in [2.45, 2.75) is 20.4 Å². The zero-order valence-corrected chi connectivity index (χ0v) is 16.8. The maximum absolute atomic E-state index is 12.6. The van der Waals surface area contributed by atoms with Gasteiger partial charge in [0.15, 0.2) is 10.6 Å². The second-order valence-corrected chi connectivity index (χ2v) is 7.20. The van der Waals surface area contributed by atoms with Gasteiger partial charge in [0.2, 0.25) is 0 Å². The number of nitro groups is 1. The number of aromatic nitrogens is 1. The number of nitro benzene ring substituents is 1. The zero-order chi connectivity index (χ0) is 21.0. The van der Waals surface area contributed by atoms with Crippen LogP contribution in [0.1, 0.15) is 34.6 Å². The van der Waals surface area contributed by atoms with Crippen molar-refractivity contribution in [3.8, 4) is 0 Å². The van der Waals surface area contributed by atoms with Crippen molar-refractivity contribution in [2.24, 2.45) is 4.99 Å². The molecule has 3 rings (SSSR count). The molecule has 29 heavy (non-hydrogen) atoms. The third-order valence-corrected chi connectivity index (χ3v) is 5.33. The number of hydrogen-bond acceptors (Lipinski definition) is 6. The Labute approximate surface area is 170 Å². The Hall–Kier alpha value is -3.17. The predicted octanol–water partition coefficient (Wildman–Crippen LogP) is 3.59. The monoisotopic (exact) mass is 413 g/mol. The van der Waals surface area contributed by atoms with Gasteiger partial charge >= 0.3 is 0 Å². The summed E-state index contributed by atoms with van der Waals surface area (Å²) >= 11 is 1.28. The Morgan fingerprint density at radius 2 is 1.86 bits per heavy atom. The third kappa shape index (κ3) is 4.64. The van der Waals surface area contributed by atoms with Gasteiger partial charge in [-0.3, -0.25) is 19.7 Å². The first-order chi connectivity index (χ1) is 13.9. The maximum Gasteiger partial charge on any atom is 0.279 e. The van der Waals surface area contributed by atoms with Gasteiger partial charge in [0.25, 0.3) is 11.6 Å². The fourth-order valence-corrected chi connectivity index (χ4v) is 3.81. The fourth-order valence-electron chi connectivity index (χ4n) is 2.77. The summed E-state index contributed by atoms with van der Waals surface area (Å²) < 4.78 is 7.94. The summed E-state index contributed by atoms with van der Waals surface area (Å²) in [6.07, 6.45) is 0. The third-order valence-electron chi connectivity index (χ3n) is 4.28. The van der Waals surface area contributed by atoms with E-state index >= 15 is 0 Å². The molecule has 1 aromatic heterocycles. The van der Waals surface area contributed by atoms with Gasteiger partial charge in [0, 0.05) is 36.4 Å². The van der Waals surface area contributed by atoms with Crippen LogP contribution in [-0.4, -0.2) is 34.4 Å².